The number of carbonyl (C=O) groups is 2. The van der Waals surface area contributed by atoms with Crippen molar-refractivity contribution < 1.29 is 19.1 Å². The molecule has 0 bridgehead atoms. The minimum atomic E-state index is -0.165. The molecular formula is C29H48O4. The molecule has 0 spiro atoms. The van der Waals surface area contributed by atoms with Crippen LogP contribution < -0.4 is 0 Å². The second kappa shape index (κ2) is 20.7. The summed E-state index contributed by atoms with van der Waals surface area (Å²) < 4.78 is 10.9. The third-order valence-corrected chi connectivity index (χ3v) is 6.16. The number of carbonyl (C=O) groups excluding carboxylic acids is 2. The molecule has 1 aromatic carbocycles. The van der Waals surface area contributed by atoms with E-state index >= 15 is 0 Å². The molecule has 0 aromatic heterocycles. The zero-order chi connectivity index (χ0) is 24.0. The lowest BCUT2D eigenvalue weighted by Crippen LogP contribution is -2.18. The number of esters is 2. The van der Waals surface area contributed by atoms with Gasteiger partial charge in [-0.25, -0.2) is 0 Å². The molecule has 1 rings (SSSR count). The molecule has 0 N–H and O–H groups in total. The number of unbranched alkanes of at least 4 members (excludes halogenated alkanes) is 10. The maximum Gasteiger partial charge on any atom is 0.308 e. The van der Waals surface area contributed by atoms with Gasteiger partial charge in [0, 0.05) is 6.42 Å². The highest BCUT2D eigenvalue weighted by Crippen LogP contribution is 2.20. The van der Waals surface area contributed by atoms with Crippen LogP contribution in [0.5, 0.6) is 0 Å². The van der Waals surface area contributed by atoms with Crippen LogP contribution in [0.4, 0.5) is 0 Å². The molecule has 33 heavy (non-hydrogen) atoms. The fourth-order valence-electron chi connectivity index (χ4n) is 4.02. The topological polar surface area (TPSA) is 52.6 Å². The SMILES string of the molecule is CCCCCCCCC(CCCCCC)C(=O)OCCCCCC(=O)OCc1ccccc1. The molecule has 0 saturated carbocycles. The molecule has 1 aromatic rings. The van der Waals surface area contributed by atoms with Crippen LogP contribution >= 0.6 is 0 Å². The van der Waals surface area contributed by atoms with Crippen LogP contribution in [0.25, 0.3) is 0 Å². The van der Waals surface area contributed by atoms with Crippen LogP contribution in [0.2, 0.25) is 0 Å². The summed E-state index contributed by atoms with van der Waals surface area (Å²) in [7, 11) is 0. The molecule has 0 aliphatic heterocycles. The largest absolute Gasteiger partial charge is 0.465 e. The van der Waals surface area contributed by atoms with E-state index in [4.69, 9.17) is 9.47 Å². The van der Waals surface area contributed by atoms with Gasteiger partial charge in [-0.05, 0) is 37.7 Å². The van der Waals surface area contributed by atoms with Crippen LogP contribution in [-0.4, -0.2) is 18.5 Å². The number of hydrogen-bond donors (Lipinski definition) is 0. The molecule has 0 radical (unpaired) electrons. The third kappa shape index (κ3) is 16.4. The van der Waals surface area contributed by atoms with Crippen molar-refractivity contribution in [1.82, 2.24) is 0 Å². The summed E-state index contributed by atoms with van der Waals surface area (Å²) in [5.41, 5.74) is 1.00. The first-order valence-electron chi connectivity index (χ1n) is 13.5. The Morgan fingerprint density at radius 3 is 1.94 bits per heavy atom. The first-order valence-corrected chi connectivity index (χ1v) is 13.5. The predicted molar refractivity (Wildman–Crippen MR) is 136 cm³/mol. The van der Waals surface area contributed by atoms with Gasteiger partial charge in [-0.1, -0.05) is 108 Å². The van der Waals surface area contributed by atoms with E-state index in [0.29, 0.717) is 19.6 Å². The minimum Gasteiger partial charge on any atom is -0.465 e. The summed E-state index contributed by atoms with van der Waals surface area (Å²) in [5, 5.41) is 0. The van der Waals surface area contributed by atoms with Gasteiger partial charge in [-0.3, -0.25) is 9.59 Å². The average Bonchev–Trinajstić information content (AvgIpc) is 2.83. The Kier molecular flexibility index (Phi) is 18.4. The van der Waals surface area contributed by atoms with Gasteiger partial charge in [0.05, 0.1) is 12.5 Å². The van der Waals surface area contributed by atoms with Gasteiger partial charge in [-0.2, -0.15) is 0 Å². The van der Waals surface area contributed by atoms with Crippen molar-refractivity contribution in [1.29, 1.82) is 0 Å². The maximum atomic E-state index is 12.6. The van der Waals surface area contributed by atoms with Crippen molar-refractivity contribution in [3.63, 3.8) is 0 Å². The molecular weight excluding hydrogens is 412 g/mol. The minimum absolute atomic E-state index is 0.0117. The first kappa shape index (κ1) is 29.2. The van der Waals surface area contributed by atoms with E-state index in [1.165, 1.54) is 51.4 Å². The Morgan fingerprint density at radius 2 is 1.27 bits per heavy atom. The van der Waals surface area contributed by atoms with E-state index < -0.39 is 0 Å². The van der Waals surface area contributed by atoms with E-state index in [9.17, 15) is 9.59 Å². The Balaban J connectivity index is 2.16. The van der Waals surface area contributed by atoms with Crippen molar-refractivity contribution >= 4 is 11.9 Å². The molecule has 0 aliphatic carbocycles. The van der Waals surface area contributed by atoms with Gasteiger partial charge in [0.1, 0.15) is 6.61 Å². The summed E-state index contributed by atoms with van der Waals surface area (Å²) in [6.45, 7) is 5.24. The highest BCUT2D eigenvalue weighted by atomic mass is 16.5. The molecule has 0 amide bonds. The third-order valence-electron chi connectivity index (χ3n) is 6.16. The second-order valence-electron chi connectivity index (χ2n) is 9.23. The maximum absolute atomic E-state index is 12.6. The smallest absolute Gasteiger partial charge is 0.308 e. The van der Waals surface area contributed by atoms with Crippen LogP contribution in [-0.2, 0) is 25.7 Å². The van der Waals surface area contributed by atoms with E-state index in [1.54, 1.807) is 0 Å². The monoisotopic (exact) mass is 460 g/mol. The van der Waals surface area contributed by atoms with Gasteiger partial charge in [0.2, 0.25) is 0 Å². The number of ether oxygens (including phenoxy) is 2. The quantitative estimate of drug-likeness (QED) is 0.137. The zero-order valence-electron chi connectivity index (χ0n) is 21.3. The standard InChI is InChI=1S/C29H48O4/c1-3-5-7-9-10-16-22-27(21-15-8-6-4-2)29(31)32-24-18-12-17-23-28(30)33-25-26-19-13-11-14-20-26/h11,13-14,19-20,27H,3-10,12,15-18,21-25H2,1-2H3. The molecule has 4 nitrogen and oxygen atoms in total. The first-order chi connectivity index (χ1) is 16.2. The summed E-state index contributed by atoms with van der Waals surface area (Å²) in [4.78, 5) is 24.5. The molecule has 1 unspecified atom stereocenters. The van der Waals surface area contributed by atoms with Crippen molar-refractivity contribution in [2.75, 3.05) is 6.61 Å². The van der Waals surface area contributed by atoms with Crippen molar-refractivity contribution in [2.24, 2.45) is 5.92 Å². The molecule has 0 fully saturated rings. The zero-order valence-corrected chi connectivity index (χ0v) is 21.3. The van der Waals surface area contributed by atoms with Crippen LogP contribution in [0.15, 0.2) is 30.3 Å². The highest BCUT2D eigenvalue weighted by molar-refractivity contribution is 5.72. The fourth-order valence-corrected chi connectivity index (χ4v) is 4.02. The summed E-state index contributed by atoms with van der Waals surface area (Å²) in [5.74, 6) is -0.120. The highest BCUT2D eigenvalue weighted by Gasteiger charge is 2.19. The van der Waals surface area contributed by atoms with Gasteiger partial charge in [0.25, 0.3) is 0 Å². The molecule has 0 saturated heterocycles. The predicted octanol–water partition coefficient (Wildman–Crippen LogP) is 8.17. The van der Waals surface area contributed by atoms with Gasteiger partial charge in [-0.15, -0.1) is 0 Å². The van der Waals surface area contributed by atoms with E-state index in [1.807, 2.05) is 30.3 Å². The van der Waals surface area contributed by atoms with Gasteiger partial charge in [0.15, 0.2) is 0 Å². The average molecular weight is 461 g/mol. The number of hydrogen-bond acceptors (Lipinski definition) is 4. The fraction of sp³-hybridized carbons (Fsp3) is 0.724. The van der Waals surface area contributed by atoms with Crippen molar-refractivity contribution in [3.8, 4) is 0 Å². The summed E-state index contributed by atoms with van der Waals surface area (Å²) in [6, 6.07) is 9.72. The van der Waals surface area contributed by atoms with Crippen molar-refractivity contribution in [2.45, 2.75) is 123 Å². The Bertz CT molecular complexity index is 599. The van der Waals surface area contributed by atoms with Gasteiger partial charge < -0.3 is 9.47 Å². The molecule has 1 atom stereocenters. The summed E-state index contributed by atoms with van der Waals surface area (Å²) >= 11 is 0. The normalized spacial score (nSPS) is 11.8. The number of rotatable bonds is 21. The lowest BCUT2D eigenvalue weighted by atomic mass is 9.94. The Labute approximate surface area is 202 Å². The van der Waals surface area contributed by atoms with Crippen LogP contribution in [0, 0.1) is 5.92 Å². The van der Waals surface area contributed by atoms with Crippen LogP contribution in [0.3, 0.4) is 0 Å². The number of benzene rings is 1. The lowest BCUT2D eigenvalue weighted by Gasteiger charge is -2.16. The molecule has 0 heterocycles. The second-order valence-corrected chi connectivity index (χ2v) is 9.23. The van der Waals surface area contributed by atoms with E-state index in [0.717, 1.165) is 50.5 Å². The molecule has 4 heteroatoms. The summed E-state index contributed by atoms with van der Waals surface area (Å²) in [6.07, 6.45) is 17.1. The lowest BCUT2D eigenvalue weighted by molar-refractivity contribution is -0.149. The molecule has 0 aliphatic rings. The molecule has 188 valence electrons. The van der Waals surface area contributed by atoms with E-state index in [2.05, 4.69) is 13.8 Å². The van der Waals surface area contributed by atoms with Crippen molar-refractivity contribution in [3.05, 3.63) is 35.9 Å². The Hall–Kier alpha value is -1.84. The van der Waals surface area contributed by atoms with Gasteiger partial charge >= 0.3 is 11.9 Å². The van der Waals surface area contributed by atoms with Crippen LogP contribution in [0.1, 0.15) is 122 Å². The van der Waals surface area contributed by atoms with E-state index in [-0.39, 0.29) is 17.9 Å². The Morgan fingerprint density at radius 1 is 0.697 bits per heavy atom.